The van der Waals surface area contributed by atoms with Crippen molar-refractivity contribution in [3.05, 3.63) is 276 Å². The lowest BCUT2D eigenvalue weighted by Crippen LogP contribution is -2.32. The fraction of sp³-hybridized carbons (Fsp3) is 0.147. The molecule has 0 fully saturated rings. The van der Waals surface area contributed by atoms with Gasteiger partial charge < -0.3 is 18.3 Å². The molecule has 2 unspecified atom stereocenters. The Kier molecular flexibility index (Phi) is 11.6. The van der Waals surface area contributed by atoms with Crippen molar-refractivity contribution < 1.29 is 0 Å². The molecule has 14 aromatic rings. The number of pyridine rings is 4. The predicted octanol–water partition coefficient (Wildman–Crippen LogP) is 17.0. The number of hydrogen-bond donors (Lipinski definition) is 0. The van der Waals surface area contributed by atoms with Gasteiger partial charge in [-0.15, -0.1) is 0 Å². The van der Waals surface area contributed by atoms with Gasteiger partial charge in [0.15, 0.2) is 0 Å². The van der Waals surface area contributed by atoms with Crippen molar-refractivity contribution in [1.29, 1.82) is 0 Å². The molecule has 400 valence electrons. The summed E-state index contributed by atoms with van der Waals surface area (Å²) in [5.74, 6) is 0.901. The number of benzene rings is 6. The molecule has 0 N–H and O–H groups in total. The molecule has 8 heteroatoms. The highest BCUT2D eigenvalue weighted by atomic mass is 15.0. The minimum Gasteiger partial charge on any atom is -0.311 e. The van der Waals surface area contributed by atoms with Crippen LogP contribution in [0, 0.1) is 17.3 Å². The lowest BCUT2D eigenvalue weighted by atomic mass is 9.68. The summed E-state index contributed by atoms with van der Waals surface area (Å²) in [6.07, 6.45) is 22.2. The highest BCUT2D eigenvalue weighted by Gasteiger charge is 2.33. The van der Waals surface area contributed by atoms with Gasteiger partial charge in [0.1, 0.15) is 0 Å². The van der Waals surface area contributed by atoms with E-state index in [0.29, 0.717) is 11.8 Å². The van der Waals surface area contributed by atoms with Crippen LogP contribution in [-0.4, -0.2) is 38.2 Å². The van der Waals surface area contributed by atoms with Gasteiger partial charge in [0.25, 0.3) is 0 Å². The Labute approximate surface area is 482 Å². The third-order valence-electron chi connectivity index (χ3n) is 17.9. The van der Waals surface area contributed by atoms with Crippen LogP contribution in [0.3, 0.4) is 0 Å². The zero-order valence-corrected chi connectivity index (χ0v) is 46.6. The van der Waals surface area contributed by atoms with E-state index in [4.69, 9.17) is 19.9 Å². The van der Waals surface area contributed by atoms with Crippen LogP contribution in [0.15, 0.2) is 231 Å². The van der Waals surface area contributed by atoms with Gasteiger partial charge >= 0.3 is 0 Å². The quantitative estimate of drug-likeness (QED) is 0.122. The number of rotatable bonds is 12. The van der Waals surface area contributed by atoms with E-state index in [9.17, 15) is 0 Å². The van der Waals surface area contributed by atoms with Crippen LogP contribution < -0.4 is 0 Å². The molecule has 0 saturated heterocycles. The lowest BCUT2D eigenvalue weighted by molar-refractivity contribution is 0.275. The summed E-state index contributed by atoms with van der Waals surface area (Å²) in [6.45, 7) is 4.61. The van der Waals surface area contributed by atoms with E-state index in [2.05, 4.69) is 238 Å². The van der Waals surface area contributed by atoms with Crippen molar-refractivity contribution in [2.45, 2.75) is 52.4 Å². The second-order valence-corrected chi connectivity index (χ2v) is 23.5. The smallest absolute Gasteiger partial charge is 0.0963 e. The van der Waals surface area contributed by atoms with Crippen molar-refractivity contribution in [1.82, 2.24) is 38.2 Å². The minimum atomic E-state index is -0.271. The first-order chi connectivity index (χ1) is 40.9. The maximum Gasteiger partial charge on any atom is 0.0963 e. The van der Waals surface area contributed by atoms with Gasteiger partial charge in [0.05, 0.1) is 55.2 Å². The number of aromatic nitrogens is 8. The molecular formula is C75H60N8. The van der Waals surface area contributed by atoms with Crippen molar-refractivity contribution in [2.75, 3.05) is 0 Å². The standard InChI is InChI=1S/C75H60N8/c1-49-19-37-61-69(43-49)82(67-17-9-41-78-73(61)67)57-33-25-53(26-34-57)47-75(45-51-21-29-55(30-22-51)80-63-13-5-3-11-59(63)71-65(80)15-7-39-76-71,46-52-23-31-56(32-24-52)81-64-14-6-4-12-60(64)72-66(81)16-8-40-77-72)48-54-27-35-58(36-28-54)83-68-18-10-42-79-74(68)62-38-20-50(2)44-70(62)83/h3-42,49-50H,43-48H2,1-2H3. The zero-order valence-electron chi connectivity index (χ0n) is 46.6. The average Bonchev–Trinajstić information content (AvgIpc) is 4.22. The first-order valence-electron chi connectivity index (χ1n) is 29.3. The summed E-state index contributed by atoms with van der Waals surface area (Å²) in [7, 11) is 0. The second kappa shape index (κ2) is 19.7. The number of fused-ring (bicyclic) bond motifs is 12. The number of para-hydroxylation sites is 2. The Bertz CT molecular complexity index is 4460. The van der Waals surface area contributed by atoms with E-state index in [1.807, 2.05) is 36.9 Å². The van der Waals surface area contributed by atoms with Crippen molar-refractivity contribution in [3.63, 3.8) is 0 Å². The van der Waals surface area contributed by atoms with E-state index in [1.54, 1.807) is 0 Å². The van der Waals surface area contributed by atoms with Gasteiger partial charge in [-0.1, -0.05) is 123 Å². The molecule has 2 aliphatic carbocycles. The maximum atomic E-state index is 4.91. The Hall–Kier alpha value is -9.92. The van der Waals surface area contributed by atoms with Crippen LogP contribution in [0.5, 0.6) is 0 Å². The molecule has 8 nitrogen and oxygen atoms in total. The average molecular weight is 1070 g/mol. The first-order valence-corrected chi connectivity index (χ1v) is 29.3. The highest BCUT2D eigenvalue weighted by Crippen LogP contribution is 2.41. The number of hydrogen-bond acceptors (Lipinski definition) is 4. The Morgan fingerprint density at radius 2 is 0.639 bits per heavy atom. The molecule has 0 bridgehead atoms. The van der Waals surface area contributed by atoms with E-state index in [-0.39, 0.29) is 5.41 Å². The SMILES string of the molecule is CC1C=Cc2c(n(-c3ccc(CC(Cc4ccc(-n5c6c(c7ncccc75)C=CC(C)C6)cc4)(Cc4ccc(-n5c6ccccc6c6ncccc65)cc4)Cc4ccc(-n5c6ccccc6c6ncccc65)cc4)cc3)c3cccnc23)C1. The number of allylic oxidation sites excluding steroid dienone is 2. The van der Waals surface area contributed by atoms with Gasteiger partial charge in [-0.05, 0) is 187 Å². The largest absolute Gasteiger partial charge is 0.311 e. The van der Waals surface area contributed by atoms with E-state index >= 15 is 0 Å². The summed E-state index contributed by atoms with van der Waals surface area (Å²) in [5, 5.41) is 2.31. The molecule has 0 aliphatic heterocycles. The topological polar surface area (TPSA) is 71.3 Å². The highest BCUT2D eigenvalue weighted by molar-refractivity contribution is 6.08. The molecule has 8 heterocycles. The number of nitrogens with zero attached hydrogens (tertiary/aromatic N) is 8. The van der Waals surface area contributed by atoms with Gasteiger partial charge in [0.2, 0.25) is 0 Å². The molecule has 0 spiro atoms. The molecule has 0 saturated carbocycles. The van der Waals surface area contributed by atoms with Crippen LogP contribution in [0.2, 0.25) is 0 Å². The summed E-state index contributed by atoms with van der Waals surface area (Å²) >= 11 is 0. The molecule has 83 heavy (non-hydrogen) atoms. The summed E-state index contributed by atoms with van der Waals surface area (Å²) in [4.78, 5) is 19.5. The summed E-state index contributed by atoms with van der Waals surface area (Å²) in [6, 6.07) is 72.0. The van der Waals surface area contributed by atoms with Gasteiger partial charge in [-0.2, -0.15) is 0 Å². The van der Waals surface area contributed by atoms with E-state index in [1.165, 1.54) is 56.1 Å². The minimum absolute atomic E-state index is 0.271. The van der Waals surface area contributed by atoms with Crippen LogP contribution in [0.4, 0.5) is 0 Å². The predicted molar refractivity (Wildman–Crippen MR) is 340 cm³/mol. The molecule has 8 aromatic heterocycles. The Morgan fingerprint density at radius 3 is 1.00 bits per heavy atom. The first kappa shape index (κ1) is 48.9. The molecule has 2 aliphatic rings. The molecule has 0 radical (unpaired) electrons. The second-order valence-electron chi connectivity index (χ2n) is 23.5. The van der Waals surface area contributed by atoms with Gasteiger partial charge in [-0.25, -0.2) is 0 Å². The summed E-state index contributed by atoms with van der Waals surface area (Å²) < 4.78 is 9.64. The molecular weight excluding hydrogens is 1010 g/mol. The molecule has 16 rings (SSSR count). The Morgan fingerprint density at radius 1 is 0.337 bits per heavy atom. The van der Waals surface area contributed by atoms with Crippen molar-refractivity contribution in [2.24, 2.45) is 17.3 Å². The van der Waals surface area contributed by atoms with Crippen molar-refractivity contribution >= 4 is 78.1 Å². The third-order valence-corrected chi connectivity index (χ3v) is 17.9. The van der Waals surface area contributed by atoms with Gasteiger partial charge in [0, 0.05) is 80.8 Å². The fourth-order valence-electron chi connectivity index (χ4n) is 14.3. The lowest BCUT2D eigenvalue weighted by Gasteiger charge is -2.36. The zero-order chi connectivity index (χ0) is 55.2. The van der Waals surface area contributed by atoms with Crippen LogP contribution in [0.1, 0.15) is 58.6 Å². The van der Waals surface area contributed by atoms with Crippen molar-refractivity contribution in [3.8, 4) is 22.7 Å². The van der Waals surface area contributed by atoms with Crippen LogP contribution >= 0.6 is 0 Å². The molecule has 0 amide bonds. The molecule has 2 atom stereocenters. The normalized spacial score (nSPS) is 15.1. The summed E-state index contributed by atoms with van der Waals surface area (Å²) in [5.41, 5.74) is 25.7. The maximum absolute atomic E-state index is 4.91. The fourth-order valence-corrected chi connectivity index (χ4v) is 14.3. The van der Waals surface area contributed by atoms with E-state index < -0.39 is 0 Å². The third kappa shape index (κ3) is 8.34. The monoisotopic (exact) mass is 1070 g/mol. The Balaban J connectivity index is 0.829. The van der Waals surface area contributed by atoms with Gasteiger partial charge in [-0.3, -0.25) is 19.9 Å². The van der Waals surface area contributed by atoms with E-state index in [0.717, 1.165) is 116 Å². The molecule has 6 aromatic carbocycles. The van der Waals surface area contributed by atoms with Crippen LogP contribution in [-0.2, 0) is 38.5 Å². The van der Waals surface area contributed by atoms with Crippen LogP contribution in [0.25, 0.3) is 101 Å².